The van der Waals surface area contributed by atoms with Crippen molar-refractivity contribution >= 4 is 53.9 Å². The van der Waals surface area contributed by atoms with E-state index in [9.17, 15) is 0 Å². The summed E-state index contributed by atoms with van der Waals surface area (Å²) in [6, 6.07) is 80.4. The predicted molar refractivity (Wildman–Crippen MR) is 252 cm³/mol. The van der Waals surface area contributed by atoms with Gasteiger partial charge in [0.2, 0.25) is 0 Å². The standard InChI is InChI=1S/C56H36.C2H6/c1-2-18-38(19-3-1)55-49-28-12-14-30-51(49)56(52-31-15-13-29-50(52)55)40-33-34-48(44-32-16-21-37-17-4-6-22-41(37)44)54(36-40)47-27-11-10-26-46(47)53-35-39-20-5-7-23-42(39)43-24-8-9-25-45(43)53;1-2/h1-36H;1-2H3. The van der Waals surface area contributed by atoms with Gasteiger partial charge in [0, 0.05) is 0 Å². The van der Waals surface area contributed by atoms with Crippen molar-refractivity contribution in [3.8, 4) is 55.6 Å². The van der Waals surface area contributed by atoms with E-state index in [1.807, 2.05) is 13.8 Å². The van der Waals surface area contributed by atoms with Gasteiger partial charge in [0.05, 0.1) is 0 Å². The first-order chi connectivity index (χ1) is 28.8. The quantitative estimate of drug-likeness (QED) is 0.122. The largest absolute Gasteiger partial charge is 0.0683 e. The Balaban J connectivity index is 0.00000201. The summed E-state index contributed by atoms with van der Waals surface area (Å²) >= 11 is 0. The summed E-state index contributed by atoms with van der Waals surface area (Å²) in [5.74, 6) is 0. The van der Waals surface area contributed by atoms with E-state index < -0.39 is 0 Å². The molecule has 11 aromatic carbocycles. The molecule has 0 nitrogen and oxygen atoms in total. The average molecular weight is 739 g/mol. The third-order valence-electron chi connectivity index (χ3n) is 11.7. The van der Waals surface area contributed by atoms with E-state index in [4.69, 9.17) is 0 Å². The second-order valence-electron chi connectivity index (χ2n) is 14.7. The summed E-state index contributed by atoms with van der Waals surface area (Å²) in [5.41, 5.74) is 12.3. The number of benzene rings is 11. The maximum atomic E-state index is 2.47. The SMILES string of the molecule is CC.c1ccc(-c2c3ccccc3c(-c3ccc(-c4cccc5ccccc45)c(-c4ccccc4-c4cc5ccccc5c5ccccc45)c3)c3ccccc23)cc1. The molecule has 0 heterocycles. The Kier molecular flexibility index (Phi) is 9.09. The Hall–Kier alpha value is -7.28. The lowest BCUT2D eigenvalue weighted by Gasteiger charge is -2.21. The Morgan fingerprint density at radius 2 is 0.638 bits per heavy atom. The first-order valence-electron chi connectivity index (χ1n) is 20.4. The van der Waals surface area contributed by atoms with Crippen LogP contribution in [0, 0.1) is 0 Å². The average Bonchev–Trinajstić information content (AvgIpc) is 3.31. The van der Waals surface area contributed by atoms with Gasteiger partial charge in [0.15, 0.2) is 0 Å². The van der Waals surface area contributed by atoms with Gasteiger partial charge >= 0.3 is 0 Å². The summed E-state index contributed by atoms with van der Waals surface area (Å²) in [4.78, 5) is 0. The molecule has 0 unspecified atom stereocenters. The van der Waals surface area contributed by atoms with Crippen LogP contribution in [0.25, 0.3) is 109 Å². The molecule has 11 rings (SSSR count). The minimum atomic E-state index is 1.20. The lowest BCUT2D eigenvalue weighted by atomic mass is 9.82. The highest BCUT2D eigenvalue weighted by Gasteiger charge is 2.21. The van der Waals surface area contributed by atoms with Gasteiger partial charge in [-0.2, -0.15) is 0 Å². The molecule has 0 heteroatoms. The third kappa shape index (κ3) is 5.85. The Bertz CT molecular complexity index is 3230. The van der Waals surface area contributed by atoms with Crippen LogP contribution < -0.4 is 0 Å². The smallest absolute Gasteiger partial charge is 0.00261 e. The molecule has 0 saturated carbocycles. The maximum Gasteiger partial charge on any atom is -0.00261 e. The van der Waals surface area contributed by atoms with Crippen molar-refractivity contribution in [3.05, 3.63) is 218 Å². The van der Waals surface area contributed by atoms with Gasteiger partial charge in [-0.1, -0.05) is 220 Å². The molecular formula is C58H42. The molecule has 0 N–H and O–H groups in total. The van der Waals surface area contributed by atoms with E-state index in [0.717, 1.165) is 0 Å². The van der Waals surface area contributed by atoms with Gasteiger partial charge in [0.25, 0.3) is 0 Å². The predicted octanol–water partition coefficient (Wildman–Crippen LogP) is 16.8. The molecule has 0 aliphatic carbocycles. The van der Waals surface area contributed by atoms with E-state index >= 15 is 0 Å². The topological polar surface area (TPSA) is 0 Å². The molecule has 0 saturated heterocycles. The highest BCUT2D eigenvalue weighted by molar-refractivity contribution is 6.22. The number of hydrogen-bond acceptors (Lipinski definition) is 0. The zero-order valence-electron chi connectivity index (χ0n) is 32.8. The molecular weight excluding hydrogens is 697 g/mol. The zero-order chi connectivity index (χ0) is 39.0. The lowest BCUT2D eigenvalue weighted by Crippen LogP contribution is -1.94. The number of rotatable bonds is 5. The summed E-state index contributed by atoms with van der Waals surface area (Å²) in [5, 5.41) is 12.6. The second-order valence-corrected chi connectivity index (χ2v) is 14.7. The molecule has 0 aliphatic heterocycles. The van der Waals surface area contributed by atoms with Crippen molar-refractivity contribution in [3.63, 3.8) is 0 Å². The molecule has 0 fully saturated rings. The van der Waals surface area contributed by atoms with Crippen LogP contribution in [0.3, 0.4) is 0 Å². The molecule has 0 aromatic heterocycles. The van der Waals surface area contributed by atoms with Crippen LogP contribution in [-0.2, 0) is 0 Å². The van der Waals surface area contributed by atoms with Gasteiger partial charge in [0.1, 0.15) is 0 Å². The van der Waals surface area contributed by atoms with Crippen LogP contribution >= 0.6 is 0 Å². The fourth-order valence-electron chi connectivity index (χ4n) is 9.20. The van der Waals surface area contributed by atoms with Gasteiger partial charge in [-0.05, 0) is 122 Å². The number of hydrogen-bond donors (Lipinski definition) is 0. The maximum absolute atomic E-state index is 2.47. The van der Waals surface area contributed by atoms with E-state index in [2.05, 4.69) is 218 Å². The van der Waals surface area contributed by atoms with Crippen molar-refractivity contribution < 1.29 is 0 Å². The zero-order valence-corrected chi connectivity index (χ0v) is 32.8. The van der Waals surface area contributed by atoms with E-state index in [1.54, 1.807) is 0 Å². The van der Waals surface area contributed by atoms with Crippen molar-refractivity contribution in [1.82, 2.24) is 0 Å². The van der Waals surface area contributed by atoms with Crippen LogP contribution in [0.5, 0.6) is 0 Å². The van der Waals surface area contributed by atoms with E-state index in [-0.39, 0.29) is 0 Å². The van der Waals surface area contributed by atoms with Crippen LogP contribution in [0.2, 0.25) is 0 Å². The molecule has 0 aliphatic rings. The fourth-order valence-corrected chi connectivity index (χ4v) is 9.20. The molecule has 274 valence electrons. The first kappa shape index (κ1) is 35.2. The highest BCUT2D eigenvalue weighted by Crippen LogP contribution is 2.48. The Labute approximate surface area is 340 Å². The van der Waals surface area contributed by atoms with E-state index in [0.29, 0.717) is 0 Å². The highest BCUT2D eigenvalue weighted by atomic mass is 14.2. The van der Waals surface area contributed by atoms with Crippen LogP contribution in [0.15, 0.2) is 218 Å². The summed E-state index contributed by atoms with van der Waals surface area (Å²) in [6.07, 6.45) is 0. The van der Waals surface area contributed by atoms with Crippen LogP contribution in [0.1, 0.15) is 13.8 Å². The van der Waals surface area contributed by atoms with Crippen molar-refractivity contribution in [2.75, 3.05) is 0 Å². The Morgan fingerprint density at radius 1 is 0.207 bits per heavy atom. The molecule has 0 atom stereocenters. The second kappa shape index (κ2) is 15.0. The van der Waals surface area contributed by atoms with Crippen molar-refractivity contribution in [1.29, 1.82) is 0 Å². The minimum Gasteiger partial charge on any atom is -0.0683 e. The summed E-state index contributed by atoms with van der Waals surface area (Å²) < 4.78 is 0. The normalized spacial score (nSPS) is 11.3. The van der Waals surface area contributed by atoms with Crippen LogP contribution in [0.4, 0.5) is 0 Å². The Morgan fingerprint density at radius 3 is 1.29 bits per heavy atom. The van der Waals surface area contributed by atoms with Crippen LogP contribution in [-0.4, -0.2) is 0 Å². The monoisotopic (exact) mass is 738 g/mol. The van der Waals surface area contributed by atoms with Gasteiger partial charge in [-0.25, -0.2) is 0 Å². The van der Waals surface area contributed by atoms with E-state index in [1.165, 1.54) is 109 Å². The van der Waals surface area contributed by atoms with Gasteiger partial charge in [-0.3, -0.25) is 0 Å². The molecule has 11 aromatic rings. The number of fused-ring (bicyclic) bond motifs is 6. The van der Waals surface area contributed by atoms with Gasteiger partial charge in [-0.15, -0.1) is 0 Å². The minimum absolute atomic E-state index is 1.20. The summed E-state index contributed by atoms with van der Waals surface area (Å²) in [7, 11) is 0. The lowest BCUT2D eigenvalue weighted by molar-refractivity contribution is 1.50. The third-order valence-corrected chi connectivity index (χ3v) is 11.7. The summed E-state index contributed by atoms with van der Waals surface area (Å²) in [6.45, 7) is 4.00. The molecule has 0 bridgehead atoms. The fraction of sp³-hybridized carbons (Fsp3) is 0.0345. The molecule has 58 heavy (non-hydrogen) atoms. The molecule has 0 radical (unpaired) electrons. The molecule has 0 spiro atoms. The van der Waals surface area contributed by atoms with Gasteiger partial charge < -0.3 is 0 Å². The van der Waals surface area contributed by atoms with Crippen molar-refractivity contribution in [2.24, 2.45) is 0 Å². The first-order valence-corrected chi connectivity index (χ1v) is 20.4. The molecule has 0 amide bonds. The van der Waals surface area contributed by atoms with Crippen molar-refractivity contribution in [2.45, 2.75) is 13.8 Å².